The summed E-state index contributed by atoms with van der Waals surface area (Å²) in [7, 11) is 0. The van der Waals surface area contributed by atoms with Crippen molar-refractivity contribution in [3.63, 3.8) is 0 Å². The van der Waals surface area contributed by atoms with Crippen molar-refractivity contribution in [1.82, 2.24) is 9.88 Å². The smallest absolute Gasteiger partial charge is 0.253 e. The fraction of sp³-hybridized carbons (Fsp3) is 0.357. The molecule has 1 aliphatic rings. The molecule has 2 heterocycles. The van der Waals surface area contributed by atoms with E-state index < -0.39 is 0 Å². The van der Waals surface area contributed by atoms with Gasteiger partial charge in [0.25, 0.3) is 5.91 Å². The highest BCUT2D eigenvalue weighted by molar-refractivity contribution is 7.18. The molecule has 0 bridgehead atoms. The van der Waals surface area contributed by atoms with Crippen LogP contribution in [0.5, 0.6) is 0 Å². The molecule has 1 atom stereocenters. The van der Waals surface area contributed by atoms with Crippen LogP contribution in [0.3, 0.4) is 0 Å². The van der Waals surface area contributed by atoms with Gasteiger partial charge < -0.3 is 4.90 Å². The summed E-state index contributed by atoms with van der Waals surface area (Å²) < 4.78 is 1.04. The number of benzene rings is 1. The number of aromatic nitrogens is 1. The van der Waals surface area contributed by atoms with Gasteiger partial charge in [-0.1, -0.05) is 0 Å². The normalized spacial score (nSPS) is 18.7. The van der Waals surface area contributed by atoms with Gasteiger partial charge in [-0.2, -0.15) is 5.26 Å². The zero-order chi connectivity index (χ0) is 13.4. The molecule has 0 radical (unpaired) electrons. The number of thiazole rings is 1. The molecule has 0 spiro atoms. The number of carbonyl (C=O) groups excluding carboxylic acids is 1. The standard InChI is InChI=1S/C14H13N3OS/c1-9-16-12-3-2-11(6-13(12)19-9)14(18)17-5-4-10(7-15)8-17/h2-3,6,10H,4-5,8H2,1H3. The van der Waals surface area contributed by atoms with Gasteiger partial charge in [0.1, 0.15) is 0 Å². The summed E-state index contributed by atoms with van der Waals surface area (Å²) in [5, 5.41) is 9.89. The molecular formula is C14H13N3OS. The third-order valence-corrected chi connectivity index (χ3v) is 4.33. The minimum absolute atomic E-state index is 0.0154. The molecule has 0 aliphatic carbocycles. The van der Waals surface area contributed by atoms with E-state index in [1.54, 1.807) is 16.2 Å². The molecule has 96 valence electrons. The van der Waals surface area contributed by atoms with Crippen LogP contribution >= 0.6 is 11.3 Å². The van der Waals surface area contributed by atoms with Gasteiger partial charge in [-0.3, -0.25) is 4.79 Å². The summed E-state index contributed by atoms with van der Waals surface area (Å²) in [6, 6.07) is 7.85. The van der Waals surface area contributed by atoms with E-state index in [4.69, 9.17) is 5.26 Å². The molecule has 0 N–H and O–H groups in total. The summed E-state index contributed by atoms with van der Waals surface area (Å²) in [4.78, 5) is 18.5. The predicted molar refractivity (Wildman–Crippen MR) is 74.0 cm³/mol. The summed E-state index contributed by atoms with van der Waals surface area (Å²) in [6.45, 7) is 3.19. The van der Waals surface area contributed by atoms with Gasteiger partial charge in [0.05, 0.1) is 27.2 Å². The van der Waals surface area contributed by atoms with E-state index >= 15 is 0 Å². The van der Waals surface area contributed by atoms with Gasteiger partial charge in [0, 0.05) is 18.7 Å². The van der Waals surface area contributed by atoms with Crippen LogP contribution < -0.4 is 0 Å². The number of nitrogens with zero attached hydrogens (tertiary/aromatic N) is 3. The van der Waals surface area contributed by atoms with Gasteiger partial charge in [0.2, 0.25) is 0 Å². The van der Waals surface area contributed by atoms with Crippen LogP contribution in [0.1, 0.15) is 21.8 Å². The predicted octanol–water partition coefficient (Wildman–Crippen LogP) is 2.59. The fourth-order valence-electron chi connectivity index (χ4n) is 2.41. The van der Waals surface area contributed by atoms with Crippen LogP contribution in [-0.4, -0.2) is 28.9 Å². The van der Waals surface area contributed by atoms with E-state index in [-0.39, 0.29) is 11.8 Å². The molecule has 1 saturated heterocycles. The van der Waals surface area contributed by atoms with E-state index in [2.05, 4.69) is 11.1 Å². The highest BCUT2D eigenvalue weighted by Crippen LogP contribution is 2.24. The summed E-state index contributed by atoms with van der Waals surface area (Å²) in [5.41, 5.74) is 1.63. The first-order chi connectivity index (χ1) is 9.17. The minimum atomic E-state index is -0.0154. The van der Waals surface area contributed by atoms with Gasteiger partial charge in [-0.15, -0.1) is 11.3 Å². The zero-order valence-electron chi connectivity index (χ0n) is 10.6. The summed E-state index contributed by atoms with van der Waals surface area (Å²) in [6.07, 6.45) is 0.782. The maximum atomic E-state index is 12.4. The Kier molecular flexibility index (Phi) is 2.96. The Bertz CT molecular complexity index is 686. The van der Waals surface area contributed by atoms with Crippen molar-refractivity contribution in [3.8, 4) is 6.07 Å². The maximum absolute atomic E-state index is 12.4. The van der Waals surface area contributed by atoms with Crippen molar-refractivity contribution < 1.29 is 4.79 Å². The maximum Gasteiger partial charge on any atom is 0.253 e. The topological polar surface area (TPSA) is 57.0 Å². The monoisotopic (exact) mass is 271 g/mol. The second kappa shape index (κ2) is 4.63. The van der Waals surface area contributed by atoms with Crippen LogP contribution in [0.15, 0.2) is 18.2 Å². The van der Waals surface area contributed by atoms with Gasteiger partial charge in [0.15, 0.2) is 0 Å². The van der Waals surface area contributed by atoms with E-state index in [0.29, 0.717) is 18.7 Å². The molecule has 1 aromatic carbocycles. The van der Waals surface area contributed by atoms with Crippen molar-refractivity contribution >= 4 is 27.5 Å². The lowest BCUT2D eigenvalue weighted by molar-refractivity contribution is 0.0790. The molecule has 4 nitrogen and oxygen atoms in total. The second-order valence-corrected chi connectivity index (χ2v) is 6.02. The lowest BCUT2D eigenvalue weighted by atomic mass is 10.1. The molecule has 3 rings (SSSR count). The number of fused-ring (bicyclic) bond motifs is 1. The van der Waals surface area contributed by atoms with Crippen molar-refractivity contribution in [2.75, 3.05) is 13.1 Å². The molecule has 1 aliphatic heterocycles. The van der Waals surface area contributed by atoms with Crippen LogP contribution in [-0.2, 0) is 0 Å². The van der Waals surface area contributed by atoms with Crippen molar-refractivity contribution in [2.24, 2.45) is 5.92 Å². The highest BCUT2D eigenvalue weighted by Gasteiger charge is 2.26. The quantitative estimate of drug-likeness (QED) is 0.801. The number of carbonyl (C=O) groups is 1. The first-order valence-corrected chi connectivity index (χ1v) is 7.05. The summed E-state index contributed by atoms with van der Waals surface area (Å²) >= 11 is 1.60. The Morgan fingerprint density at radius 2 is 2.42 bits per heavy atom. The van der Waals surface area contributed by atoms with Crippen LogP contribution in [0, 0.1) is 24.2 Å². The van der Waals surface area contributed by atoms with Crippen LogP contribution in [0.25, 0.3) is 10.2 Å². The van der Waals surface area contributed by atoms with E-state index in [1.807, 2.05) is 25.1 Å². The third kappa shape index (κ3) is 2.20. The molecule has 19 heavy (non-hydrogen) atoms. The Balaban J connectivity index is 1.87. The summed E-state index contributed by atoms with van der Waals surface area (Å²) in [5.74, 6) is 0.00373. The Hall–Kier alpha value is -1.93. The van der Waals surface area contributed by atoms with Crippen LogP contribution in [0.2, 0.25) is 0 Å². The van der Waals surface area contributed by atoms with Crippen LogP contribution in [0.4, 0.5) is 0 Å². The fourth-order valence-corrected chi connectivity index (χ4v) is 3.27. The van der Waals surface area contributed by atoms with Gasteiger partial charge in [-0.05, 0) is 31.5 Å². The van der Waals surface area contributed by atoms with Crippen molar-refractivity contribution in [1.29, 1.82) is 5.26 Å². The lowest BCUT2D eigenvalue weighted by Crippen LogP contribution is -2.28. The Morgan fingerprint density at radius 3 is 3.16 bits per heavy atom. The Morgan fingerprint density at radius 1 is 1.58 bits per heavy atom. The molecule has 1 aromatic heterocycles. The molecule has 0 saturated carbocycles. The first kappa shape index (κ1) is 12.1. The average Bonchev–Trinajstić information content (AvgIpc) is 3.01. The molecule has 2 aromatic rings. The highest BCUT2D eigenvalue weighted by atomic mass is 32.1. The van der Waals surface area contributed by atoms with E-state index in [9.17, 15) is 4.79 Å². The minimum Gasteiger partial charge on any atom is -0.337 e. The number of likely N-dealkylation sites (tertiary alicyclic amines) is 1. The number of nitriles is 1. The number of amides is 1. The van der Waals surface area contributed by atoms with Crippen molar-refractivity contribution in [3.05, 3.63) is 28.8 Å². The Labute approximate surface area is 115 Å². The number of aryl methyl sites for hydroxylation is 1. The SMILES string of the molecule is Cc1nc2ccc(C(=O)N3CCC(C#N)C3)cc2s1. The number of hydrogen-bond donors (Lipinski definition) is 0. The molecular weight excluding hydrogens is 258 g/mol. The lowest BCUT2D eigenvalue weighted by Gasteiger charge is -2.15. The van der Waals surface area contributed by atoms with E-state index in [1.165, 1.54) is 0 Å². The first-order valence-electron chi connectivity index (χ1n) is 6.23. The molecule has 1 fully saturated rings. The molecule has 5 heteroatoms. The third-order valence-electron chi connectivity index (χ3n) is 3.40. The molecule has 1 amide bonds. The van der Waals surface area contributed by atoms with Crippen molar-refractivity contribution in [2.45, 2.75) is 13.3 Å². The van der Waals surface area contributed by atoms with Gasteiger partial charge in [-0.25, -0.2) is 4.98 Å². The number of hydrogen-bond acceptors (Lipinski definition) is 4. The zero-order valence-corrected chi connectivity index (χ0v) is 11.4. The van der Waals surface area contributed by atoms with E-state index in [0.717, 1.165) is 21.6 Å². The largest absolute Gasteiger partial charge is 0.337 e. The second-order valence-electron chi connectivity index (χ2n) is 4.78. The van der Waals surface area contributed by atoms with Gasteiger partial charge >= 0.3 is 0 Å². The molecule has 1 unspecified atom stereocenters. The number of rotatable bonds is 1. The average molecular weight is 271 g/mol.